The summed E-state index contributed by atoms with van der Waals surface area (Å²) in [6.07, 6.45) is 3.46. The van der Waals surface area contributed by atoms with Crippen LogP contribution in [0, 0.1) is 5.92 Å². The quantitative estimate of drug-likeness (QED) is 0.625. The van der Waals surface area contributed by atoms with Crippen molar-refractivity contribution >= 4 is 38.8 Å². The van der Waals surface area contributed by atoms with E-state index in [-0.39, 0.29) is 11.9 Å². The van der Waals surface area contributed by atoms with Gasteiger partial charge in [-0.05, 0) is 55.9 Å². The predicted octanol–water partition coefficient (Wildman–Crippen LogP) is 5.32. The zero-order valence-electron chi connectivity index (χ0n) is 14.8. The van der Waals surface area contributed by atoms with Crippen LogP contribution >= 0.6 is 22.7 Å². The van der Waals surface area contributed by atoms with E-state index >= 15 is 0 Å². The number of carbonyl (C=O) groups excluding carboxylic acids is 1. The second-order valence-electron chi connectivity index (χ2n) is 7.02. The number of rotatable bonds is 3. The highest BCUT2D eigenvalue weighted by molar-refractivity contribution is 7.18. The Labute approximate surface area is 156 Å². The Morgan fingerprint density at radius 3 is 2.92 bits per heavy atom. The second-order valence-corrected chi connectivity index (χ2v) is 9.22. The Balaban J connectivity index is 1.57. The Kier molecular flexibility index (Phi) is 4.38. The number of hydrogen-bond donors (Lipinski definition) is 0. The van der Waals surface area contributed by atoms with Gasteiger partial charge in [-0.1, -0.05) is 19.1 Å². The minimum atomic E-state index is -0.0250. The molecule has 0 saturated heterocycles. The van der Waals surface area contributed by atoms with Crippen molar-refractivity contribution in [2.75, 3.05) is 7.05 Å². The molecule has 3 aromatic rings. The van der Waals surface area contributed by atoms with Crippen LogP contribution in [0.15, 0.2) is 30.3 Å². The first-order valence-corrected chi connectivity index (χ1v) is 10.4. The summed E-state index contributed by atoms with van der Waals surface area (Å²) in [4.78, 5) is 21.8. The van der Waals surface area contributed by atoms with Gasteiger partial charge in [-0.3, -0.25) is 4.79 Å². The molecule has 0 saturated carbocycles. The van der Waals surface area contributed by atoms with Gasteiger partial charge in [-0.25, -0.2) is 4.98 Å². The van der Waals surface area contributed by atoms with E-state index in [4.69, 9.17) is 4.98 Å². The standard InChI is InChI=1S/C20H22N2OS2/c1-12-8-9-16-14(10-12)11-18(24-16)20(23)22(3)13(2)19-21-15-6-4-5-7-17(15)25-19/h4-7,11-13H,8-10H2,1-3H3/t12-,13+/m1/s1. The lowest BCUT2D eigenvalue weighted by atomic mass is 9.90. The maximum Gasteiger partial charge on any atom is 0.264 e. The Bertz CT molecular complexity index is 894. The van der Waals surface area contributed by atoms with Crippen LogP contribution in [0.1, 0.15) is 51.4 Å². The lowest BCUT2D eigenvalue weighted by Crippen LogP contribution is -2.29. The van der Waals surface area contributed by atoms with Gasteiger partial charge in [0.05, 0.1) is 21.1 Å². The number of para-hydroxylation sites is 1. The molecule has 0 radical (unpaired) electrons. The molecule has 5 heteroatoms. The second kappa shape index (κ2) is 6.54. The number of hydrogen-bond acceptors (Lipinski definition) is 4. The van der Waals surface area contributed by atoms with Gasteiger partial charge in [0.2, 0.25) is 0 Å². The third kappa shape index (κ3) is 3.11. The van der Waals surface area contributed by atoms with Gasteiger partial charge in [-0.2, -0.15) is 0 Å². The number of thiophene rings is 1. The van der Waals surface area contributed by atoms with Crippen LogP contribution in [0.4, 0.5) is 0 Å². The van der Waals surface area contributed by atoms with Crippen molar-refractivity contribution in [1.82, 2.24) is 9.88 Å². The minimum Gasteiger partial charge on any atom is -0.332 e. The molecule has 1 amide bonds. The largest absolute Gasteiger partial charge is 0.332 e. The molecule has 0 aliphatic heterocycles. The Morgan fingerprint density at radius 1 is 1.32 bits per heavy atom. The number of nitrogens with zero attached hydrogens (tertiary/aromatic N) is 2. The molecule has 0 unspecified atom stereocenters. The number of fused-ring (bicyclic) bond motifs is 2. The molecule has 2 heterocycles. The van der Waals surface area contributed by atoms with Crippen molar-refractivity contribution in [3.63, 3.8) is 0 Å². The molecule has 25 heavy (non-hydrogen) atoms. The third-order valence-corrected chi connectivity index (χ3v) is 7.54. The van der Waals surface area contributed by atoms with E-state index in [1.54, 1.807) is 22.7 Å². The normalized spacial score (nSPS) is 18.1. The number of thiazole rings is 1. The number of amides is 1. The van der Waals surface area contributed by atoms with Crippen molar-refractivity contribution < 1.29 is 4.79 Å². The van der Waals surface area contributed by atoms with Crippen LogP contribution in [0.3, 0.4) is 0 Å². The number of carbonyl (C=O) groups is 1. The van der Waals surface area contributed by atoms with E-state index in [9.17, 15) is 4.79 Å². The molecule has 0 N–H and O–H groups in total. The molecule has 0 bridgehead atoms. The molecule has 4 rings (SSSR count). The highest BCUT2D eigenvalue weighted by atomic mass is 32.1. The number of benzene rings is 1. The number of aromatic nitrogens is 1. The monoisotopic (exact) mass is 370 g/mol. The van der Waals surface area contributed by atoms with Gasteiger partial charge in [-0.15, -0.1) is 22.7 Å². The smallest absolute Gasteiger partial charge is 0.264 e. The van der Waals surface area contributed by atoms with Crippen molar-refractivity contribution in [1.29, 1.82) is 0 Å². The van der Waals surface area contributed by atoms with E-state index in [1.807, 2.05) is 30.1 Å². The summed E-state index contributed by atoms with van der Waals surface area (Å²) < 4.78 is 1.17. The van der Waals surface area contributed by atoms with Crippen LogP contribution in [0.2, 0.25) is 0 Å². The molecular weight excluding hydrogens is 348 g/mol. The highest BCUT2D eigenvalue weighted by Gasteiger charge is 2.26. The first-order valence-electron chi connectivity index (χ1n) is 8.77. The summed E-state index contributed by atoms with van der Waals surface area (Å²) in [7, 11) is 1.89. The average Bonchev–Trinajstić information content (AvgIpc) is 3.23. The first kappa shape index (κ1) is 16.7. The summed E-state index contributed by atoms with van der Waals surface area (Å²) in [6, 6.07) is 10.2. The van der Waals surface area contributed by atoms with Gasteiger partial charge >= 0.3 is 0 Å². The molecule has 0 spiro atoms. The molecule has 1 aliphatic rings. The van der Waals surface area contributed by atoms with Crippen LogP contribution in [0.5, 0.6) is 0 Å². The fourth-order valence-corrected chi connectivity index (χ4v) is 5.65. The fourth-order valence-electron chi connectivity index (χ4n) is 3.40. The van der Waals surface area contributed by atoms with Gasteiger partial charge in [0.1, 0.15) is 5.01 Å². The summed E-state index contributed by atoms with van der Waals surface area (Å²) >= 11 is 3.36. The van der Waals surface area contributed by atoms with Crippen molar-refractivity contribution in [2.45, 2.75) is 39.2 Å². The molecular formula is C20H22N2OS2. The summed E-state index contributed by atoms with van der Waals surface area (Å²) in [6.45, 7) is 4.36. The van der Waals surface area contributed by atoms with Gasteiger partial charge in [0.25, 0.3) is 5.91 Å². The first-order chi connectivity index (χ1) is 12.0. The zero-order chi connectivity index (χ0) is 17.6. The lowest BCUT2D eigenvalue weighted by molar-refractivity contribution is 0.0747. The number of aryl methyl sites for hydroxylation is 1. The Hall–Kier alpha value is -1.72. The maximum absolute atomic E-state index is 13.0. The van der Waals surface area contributed by atoms with E-state index in [1.165, 1.54) is 21.6 Å². The molecule has 1 aromatic carbocycles. The molecule has 0 fully saturated rings. The van der Waals surface area contributed by atoms with E-state index in [2.05, 4.69) is 26.0 Å². The van der Waals surface area contributed by atoms with Gasteiger partial charge in [0, 0.05) is 11.9 Å². The van der Waals surface area contributed by atoms with Crippen molar-refractivity contribution in [3.8, 4) is 0 Å². The van der Waals surface area contributed by atoms with Crippen molar-refractivity contribution in [2.24, 2.45) is 5.92 Å². The molecule has 2 atom stereocenters. The minimum absolute atomic E-state index is 0.0250. The van der Waals surface area contributed by atoms with Crippen LogP contribution in [-0.4, -0.2) is 22.8 Å². The lowest BCUT2D eigenvalue weighted by Gasteiger charge is -2.22. The van der Waals surface area contributed by atoms with Crippen LogP contribution in [-0.2, 0) is 12.8 Å². The van der Waals surface area contributed by atoms with Gasteiger partial charge < -0.3 is 4.90 Å². The van der Waals surface area contributed by atoms with E-state index < -0.39 is 0 Å². The average molecular weight is 371 g/mol. The van der Waals surface area contributed by atoms with Crippen LogP contribution < -0.4 is 0 Å². The fraction of sp³-hybridized carbons (Fsp3) is 0.400. The van der Waals surface area contributed by atoms with E-state index in [0.717, 1.165) is 34.2 Å². The topological polar surface area (TPSA) is 33.2 Å². The molecule has 3 nitrogen and oxygen atoms in total. The van der Waals surface area contributed by atoms with E-state index in [0.29, 0.717) is 0 Å². The summed E-state index contributed by atoms with van der Waals surface area (Å²) in [5, 5.41) is 0.993. The summed E-state index contributed by atoms with van der Waals surface area (Å²) in [5.74, 6) is 0.836. The zero-order valence-corrected chi connectivity index (χ0v) is 16.4. The highest BCUT2D eigenvalue weighted by Crippen LogP contribution is 2.34. The van der Waals surface area contributed by atoms with Gasteiger partial charge in [0.15, 0.2) is 0 Å². The maximum atomic E-state index is 13.0. The third-order valence-electron chi connectivity index (χ3n) is 5.11. The SMILES string of the molecule is C[C@@H]1CCc2sc(C(=O)N(C)[C@@H](C)c3nc4ccccc4s3)cc2C1. The molecule has 1 aliphatic carbocycles. The van der Waals surface area contributed by atoms with Crippen LogP contribution in [0.25, 0.3) is 10.2 Å². The van der Waals surface area contributed by atoms with Crippen molar-refractivity contribution in [3.05, 3.63) is 50.7 Å². The Morgan fingerprint density at radius 2 is 2.12 bits per heavy atom. The molecule has 2 aromatic heterocycles. The predicted molar refractivity (Wildman–Crippen MR) is 106 cm³/mol. The summed E-state index contributed by atoms with van der Waals surface area (Å²) in [5.41, 5.74) is 2.39. The molecule has 130 valence electrons.